The molecule has 0 radical (unpaired) electrons. The molecule has 2 heterocycles. The quantitative estimate of drug-likeness (QED) is 0.872. The summed E-state index contributed by atoms with van der Waals surface area (Å²) in [7, 11) is 0. The monoisotopic (exact) mass is 323 g/mol. The van der Waals surface area contributed by atoms with E-state index in [1.807, 2.05) is 45.9 Å². The topological polar surface area (TPSA) is 39.0 Å². The Balaban J connectivity index is 1.92. The molecule has 1 N–H and O–H groups in total. The molecule has 0 aliphatic heterocycles. The first-order chi connectivity index (χ1) is 9.20. The van der Waals surface area contributed by atoms with Crippen molar-refractivity contribution in [3.63, 3.8) is 0 Å². The zero-order valence-electron chi connectivity index (χ0n) is 11.0. The van der Waals surface area contributed by atoms with Crippen molar-refractivity contribution in [3.8, 4) is 0 Å². The minimum absolute atomic E-state index is 0.0219. The smallest absolute Gasteiger partial charge is 0.268 e. The summed E-state index contributed by atoms with van der Waals surface area (Å²) in [5, 5.41) is 2.95. The maximum Gasteiger partial charge on any atom is 0.268 e. The summed E-state index contributed by atoms with van der Waals surface area (Å²) in [6.45, 7) is 4.37. The van der Waals surface area contributed by atoms with Gasteiger partial charge in [-0.3, -0.25) is 4.79 Å². The number of rotatable bonds is 6. The van der Waals surface area contributed by atoms with Crippen molar-refractivity contribution < 1.29 is 4.79 Å². The maximum absolute atomic E-state index is 12.1. The van der Waals surface area contributed by atoms with Gasteiger partial charge < -0.3 is 14.5 Å². The number of carbonyl (C=O) groups excluding carboxylic acids is 1. The van der Waals surface area contributed by atoms with Gasteiger partial charge in [0.05, 0.1) is 0 Å². The number of hydrogen-bond donors (Lipinski definition) is 1. The summed E-state index contributed by atoms with van der Waals surface area (Å²) in [6, 6.07) is 5.82. The summed E-state index contributed by atoms with van der Waals surface area (Å²) in [5.41, 5.74) is 0.709. The predicted octanol–water partition coefficient (Wildman–Crippen LogP) is 2.89. The highest BCUT2D eigenvalue weighted by atomic mass is 79.9. The van der Waals surface area contributed by atoms with Crippen LogP contribution in [0.2, 0.25) is 0 Å². The molecule has 0 aromatic carbocycles. The standard InChI is InChI=1S/C14H18BrN3O/c1-2-6-18-11-12(15)10-13(18)14(19)16-5-9-17-7-3-4-8-17/h3-4,7-8,10-11H,2,5-6,9H2,1H3,(H,16,19). The first-order valence-electron chi connectivity index (χ1n) is 6.45. The Morgan fingerprint density at radius 1 is 1.32 bits per heavy atom. The molecule has 0 aliphatic carbocycles. The lowest BCUT2D eigenvalue weighted by molar-refractivity contribution is 0.0943. The predicted molar refractivity (Wildman–Crippen MR) is 79.2 cm³/mol. The van der Waals surface area contributed by atoms with E-state index in [1.165, 1.54) is 0 Å². The average Bonchev–Trinajstić information content (AvgIpc) is 2.99. The van der Waals surface area contributed by atoms with Crippen molar-refractivity contribution in [2.45, 2.75) is 26.4 Å². The van der Waals surface area contributed by atoms with Crippen LogP contribution >= 0.6 is 15.9 Å². The van der Waals surface area contributed by atoms with Crippen LogP contribution in [0.15, 0.2) is 41.3 Å². The van der Waals surface area contributed by atoms with Gasteiger partial charge in [-0.1, -0.05) is 6.92 Å². The fourth-order valence-corrected chi connectivity index (χ4v) is 2.46. The number of carbonyl (C=O) groups is 1. The molecular formula is C14H18BrN3O. The minimum Gasteiger partial charge on any atom is -0.353 e. The van der Waals surface area contributed by atoms with Crippen molar-refractivity contribution in [2.24, 2.45) is 0 Å². The molecular weight excluding hydrogens is 306 g/mol. The summed E-state index contributed by atoms with van der Waals surface area (Å²) >= 11 is 3.42. The van der Waals surface area contributed by atoms with Gasteiger partial charge in [-0.05, 0) is 40.5 Å². The molecule has 0 saturated heterocycles. The van der Waals surface area contributed by atoms with Gasteiger partial charge in [-0.2, -0.15) is 0 Å². The molecule has 102 valence electrons. The van der Waals surface area contributed by atoms with Crippen LogP contribution in [0.4, 0.5) is 0 Å². The van der Waals surface area contributed by atoms with Crippen molar-refractivity contribution in [2.75, 3.05) is 6.54 Å². The van der Waals surface area contributed by atoms with Crippen molar-refractivity contribution in [3.05, 3.63) is 47.0 Å². The molecule has 0 aliphatic rings. The molecule has 19 heavy (non-hydrogen) atoms. The summed E-state index contributed by atoms with van der Waals surface area (Å²) < 4.78 is 4.97. The van der Waals surface area contributed by atoms with Crippen molar-refractivity contribution in [1.29, 1.82) is 0 Å². The highest BCUT2D eigenvalue weighted by molar-refractivity contribution is 9.10. The Labute approximate surface area is 121 Å². The van der Waals surface area contributed by atoms with Crippen LogP contribution in [-0.2, 0) is 13.1 Å². The first-order valence-corrected chi connectivity index (χ1v) is 7.24. The zero-order chi connectivity index (χ0) is 13.7. The van der Waals surface area contributed by atoms with Crippen LogP contribution in [-0.4, -0.2) is 21.6 Å². The highest BCUT2D eigenvalue weighted by Crippen LogP contribution is 2.15. The molecule has 1 amide bonds. The largest absolute Gasteiger partial charge is 0.353 e. The number of amides is 1. The second-order valence-electron chi connectivity index (χ2n) is 4.41. The number of nitrogens with one attached hydrogen (secondary N) is 1. The third kappa shape index (κ3) is 3.73. The molecule has 2 aromatic rings. The van der Waals surface area contributed by atoms with E-state index < -0.39 is 0 Å². The Hall–Kier alpha value is -1.49. The lowest BCUT2D eigenvalue weighted by Gasteiger charge is -2.09. The molecule has 2 rings (SSSR count). The van der Waals surface area contributed by atoms with E-state index in [0.29, 0.717) is 12.2 Å². The van der Waals surface area contributed by atoms with Crippen molar-refractivity contribution in [1.82, 2.24) is 14.5 Å². The Morgan fingerprint density at radius 3 is 2.74 bits per heavy atom. The van der Waals surface area contributed by atoms with Crippen LogP contribution in [0, 0.1) is 0 Å². The van der Waals surface area contributed by atoms with Crippen molar-refractivity contribution >= 4 is 21.8 Å². The Kier molecular flexibility index (Phi) is 4.85. The number of aryl methyl sites for hydroxylation is 1. The van der Waals surface area contributed by atoms with E-state index >= 15 is 0 Å². The van der Waals surface area contributed by atoms with E-state index in [1.54, 1.807) is 0 Å². The van der Waals surface area contributed by atoms with Gasteiger partial charge in [0.25, 0.3) is 5.91 Å². The van der Waals surface area contributed by atoms with Crippen LogP contribution < -0.4 is 5.32 Å². The van der Waals surface area contributed by atoms with Gasteiger partial charge in [0.1, 0.15) is 5.69 Å². The van der Waals surface area contributed by atoms with Crippen LogP contribution in [0.25, 0.3) is 0 Å². The van der Waals surface area contributed by atoms with Crippen LogP contribution in [0.1, 0.15) is 23.8 Å². The number of aromatic nitrogens is 2. The van der Waals surface area contributed by atoms with Gasteiger partial charge in [-0.25, -0.2) is 0 Å². The number of hydrogen-bond acceptors (Lipinski definition) is 1. The van der Waals surface area contributed by atoms with Gasteiger partial charge in [0, 0.05) is 42.7 Å². The van der Waals surface area contributed by atoms with E-state index in [0.717, 1.165) is 24.0 Å². The lowest BCUT2D eigenvalue weighted by Crippen LogP contribution is -2.28. The normalized spacial score (nSPS) is 10.6. The van der Waals surface area contributed by atoms with Gasteiger partial charge in [-0.15, -0.1) is 0 Å². The fourth-order valence-electron chi connectivity index (χ4n) is 2.00. The first kappa shape index (κ1) is 13.9. The molecule has 2 aromatic heterocycles. The molecule has 0 spiro atoms. The third-order valence-electron chi connectivity index (χ3n) is 2.88. The molecule has 0 saturated carbocycles. The van der Waals surface area contributed by atoms with Gasteiger partial charge in [0.2, 0.25) is 0 Å². The maximum atomic E-state index is 12.1. The van der Waals surface area contributed by atoms with Crippen LogP contribution in [0.3, 0.4) is 0 Å². The summed E-state index contributed by atoms with van der Waals surface area (Å²) in [5.74, 6) is -0.0219. The molecule has 0 unspecified atom stereocenters. The Bertz CT molecular complexity index is 531. The lowest BCUT2D eigenvalue weighted by atomic mass is 10.3. The van der Waals surface area contributed by atoms with E-state index in [9.17, 15) is 4.79 Å². The highest BCUT2D eigenvalue weighted by Gasteiger charge is 2.11. The van der Waals surface area contributed by atoms with E-state index in [2.05, 4.69) is 28.2 Å². The second-order valence-corrected chi connectivity index (χ2v) is 5.33. The van der Waals surface area contributed by atoms with E-state index in [-0.39, 0.29) is 5.91 Å². The average molecular weight is 324 g/mol. The Morgan fingerprint density at radius 2 is 2.05 bits per heavy atom. The SMILES string of the molecule is CCCn1cc(Br)cc1C(=O)NCCn1cccc1. The summed E-state index contributed by atoms with van der Waals surface area (Å²) in [6.07, 6.45) is 6.93. The van der Waals surface area contributed by atoms with E-state index in [4.69, 9.17) is 0 Å². The summed E-state index contributed by atoms with van der Waals surface area (Å²) in [4.78, 5) is 12.1. The molecule has 4 nitrogen and oxygen atoms in total. The molecule has 0 bridgehead atoms. The fraction of sp³-hybridized carbons (Fsp3) is 0.357. The molecule has 0 fully saturated rings. The number of halogens is 1. The number of nitrogens with zero attached hydrogens (tertiary/aromatic N) is 2. The second kappa shape index (κ2) is 6.61. The van der Waals surface area contributed by atoms with Crippen LogP contribution in [0.5, 0.6) is 0 Å². The zero-order valence-corrected chi connectivity index (χ0v) is 12.6. The molecule has 0 atom stereocenters. The minimum atomic E-state index is -0.0219. The van der Waals surface area contributed by atoms with Gasteiger partial charge in [0.15, 0.2) is 0 Å². The molecule has 5 heteroatoms. The third-order valence-corrected chi connectivity index (χ3v) is 3.32. The van der Waals surface area contributed by atoms with Gasteiger partial charge >= 0.3 is 0 Å².